The fourth-order valence-corrected chi connectivity index (χ4v) is 1.29. The molecule has 0 fully saturated rings. The van der Waals surface area contributed by atoms with Crippen LogP contribution in [0.3, 0.4) is 0 Å². The van der Waals surface area contributed by atoms with Gasteiger partial charge >= 0.3 is 0 Å². The van der Waals surface area contributed by atoms with Crippen LogP contribution in [0.5, 0.6) is 0 Å². The molecule has 0 aliphatic carbocycles. The molecule has 1 aromatic rings. The fourth-order valence-electron chi connectivity index (χ4n) is 1.29. The summed E-state index contributed by atoms with van der Waals surface area (Å²) in [4.78, 5) is 11.6. The van der Waals surface area contributed by atoms with Crippen molar-refractivity contribution in [1.29, 1.82) is 0 Å². The van der Waals surface area contributed by atoms with Crippen LogP contribution >= 0.6 is 0 Å². The molecule has 0 unspecified atom stereocenters. The van der Waals surface area contributed by atoms with Gasteiger partial charge in [-0.1, -0.05) is 31.5 Å². The van der Waals surface area contributed by atoms with E-state index in [1.807, 2.05) is 25.1 Å². The van der Waals surface area contributed by atoms with E-state index in [1.54, 1.807) is 12.1 Å². The van der Waals surface area contributed by atoms with Crippen LogP contribution in [-0.4, -0.2) is 11.6 Å². The number of unbranched alkanes of at least 4 members (excludes halogenated alkanes) is 1. The Morgan fingerprint density at radius 2 is 2.00 bits per heavy atom. The maximum absolute atomic E-state index is 11.6. The van der Waals surface area contributed by atoms with Crippen LogP contribution in [0.4, 0.5) is 0 Å². The summed E-state index contributed by atoms with van der Waals surface area (Å²) in [5, 5.41) is 4.06. The van der Waals surface area contributed by atoms with Crippen molar-refractivity contribution in [2.24, 2.45) is 5.10 Å². The van der Waals surface area contributed by atoms with Crippen LogP contribution in [0.15, 0.2) is 35.4 Å². The topological polar surface area (TPSA) is 41.5 Å². The van der Waals surface area contributed by atoms with Gasteiger partial charge < -0.3 is 0 Å². The minimum absolute atomic E-state index is 0.156. The molecular weight excluding hydrogens is 200 g/mol. The number of rotatable bonds is 5. The van der Waals surface area contributed by atoms with E-state index in [-0.39, 0.29) is 5.91 Å². The van der Waals surface area contributed by atoms with Crippen LogP contribution < -0.4 is 5.43 Å². The highest BCUT2D eigenvalue weighted by atomic mass is 16.2. The number of hydrazone groups is 1. The highest BCUT2D eigenvalue weighted by Crippen LogP contribution is 1.99. The number of hydrogen-bond donors (Lipinski definition) is 1. The zero-order valence-electron chi connectivity index (χ0n) is 9.86. The molecule has 1 rings (SSSR count). The van der Waals surface area contributed by atoms with E-state index < -0.39 is 0 Å². The molecule has 1 N–H and O–H groups in total. The van der Waals surface area contributed by atoms with Crippen molar-refractivity contribution in [2.75, 3.05) is 0 Å². The SMILES string of the molecule is CCCC/C(C)=N/NC(=O)c1ccccc1. The van der Waals surface area contributed by atoms with E-state index in [1.165, 1.54) is 0 Å². The maximum Gasteiger partial charge on any atom is 0.271 e. The molecule has 1 aromatic carbocycles. The minimum Gasteiger partial charge on any atom is -0.267 e. The smallest absolute Gasteiger partial charge is 0.267 e. The molecule has 0 aromatic heterocycles. The molecule has 0 aliphatic heterocycles. The van der Waals surface area contributed by atoms with Crippen molar-refractivity contribution < 1.29 is 4.79 Å². The average molecular weight is 218 g/mol. The zero-order valence-corrected chi connectivity index (χ0v) is 9.86. The largest absolute Gasteiger partial charge is 0.271 e. The fraction of sp³-hybridized carbons (Fsp3) is 0.385. The zero-order chi connectivity index (χ0) is 11.8. The number of hydrogen-bond acceptors (Lipinski definition) is 2. The first-order chi connectivity index (χ1) is 7.74. The van der Waals surface area contributed by atoms with Gasteiger partial charge in [0.05, 0.1) is 0 Å². The molecule has 1 amide bonds. The van der Waals surface area contributed by atoms with Crippen molar-refractivity contribution in [1.82, 2.24) is 5.43 Å². The molecular formula is C13H18N2O. The summed E-state index contributed by atoms with van der Waals surface area (Å²) < 4.78 is 0. The Bertz CT molecular complexity index is 357. The van der Waals surface area contributed by atoms with E-state index in [0.29, 0.717) is 5.56 Å². The average Bonchev–Trinajstić information content (AvgIpc) is 2.34. The molecule has 0 saturated heterocycles. The van der Waals surface area contributed by atoms with Gasteiger partial charge in [0.25, 0.3) is 5.91 Å². The Kier molecular flexibility index (Phi) is 5.26. The second kappa shape index (κ2) is 6.77. The van der Waals surface area contributed by atoms with Gasteiger partial charge in [-0.15, -0.1) is 0 Å². The normalized spacial score (nSPS) is 11.2. The van der Waals surface area contributed by atoms with E-state index in [4.69, 9.17) is 0 Å². The van der Waals surface area contributed by atoms with Crippen LogP contribution in [0.25, 0.3) is 0 Å². The van der Waals surface area contributed by atoms with Crippen LogP contribution in [0.2, 0.25) is 0 Å². The van der Waals surface area contributed by atoms with Crippen molar-refractivity contribution in [3.05, 3.63) is 35.9 Å². The monoisotopic (exact) mass is 218 g/mol. The summed E-state index contributed by atoms with van der Waals surface area (Å²) in [6.07, 6.45) is 3.18. The van der Waals surface area contributed by atoms with E-state index in [2.05, 4.69) is 17.5 Å². The molecule has 16 heavy (non-hydrogen) atoms. The van der Waals surface area contributed by atoms with Crippen molar-refractivity contribution in [3.63, 3.8) is 0 Å². The van der Waals surface area contributed by atoms with Gasteiger partial charge in [-0.25, -0.2) is 5.43 Å². The highest BCUT2D eigenvalue weighted by molar-refractivity contribution is 5.95. The Hall–Kier alpha value is -1.64. The Labute approximate surface area is 96.6 Å². The number of nitrogens with zero attached hydrogens (tertiary/aromatic N) is 1. The predicted octanol–water partition coefficient (Wildman–Crippen LogP) is 2.98. The Morgan fingerprint density at radius 1 is 1.31 bits per heavy atom. The standard InChI is InChI=1S/C13H18N2O/c1-3-4-8-11(2)14-15-13(16)12-9-6-5-7-10-12/h5-7,9-10H,3-4,8H2,1-2H3,(H,15,16)/b14-11+. The maximum atomic E-state index is 11.6. The van der Waals surface area contributed by atoms with Crippen molar-refractivity contribution in [3.8, 4) is 0 Å². The summed E-state index contributed by atoms with van der Waals surface area (Å²) in [6, 6.07) is 9.09. The second-order valence-electron chi connectivity index (χ2n) is 3.76. The third-order valence-electron chi connectivity index (χ3n) is 2.28. The third-order valence-corrected chi connectivity index (χ3v) is 2.28. The van der Waals surface area contributed by atoms with Gasteiger partial charge in [0.1, 0.15) is 0 Å². The molecule has 0 saturated carbocycles. The molecule has 0 aliphatic rings. The molecule has 0 atom stereocenters. The van der Waals surface area contributed by atoms with E-state index in [0.717, 1.165) is 25.0 Å². The van der Waals surface area contributed by atoms with Crippen molar-refractivity contribution in [2.45, 2.75) is 33.1 Å². The molecule has 0 heterocycles. The van der Waals surface area contributed by atoms with Gasteiger partial charge in [0.2, 0.25) is 0 Å². The van der Waals surface area contributed by atoms with Gasteiger partial charge in [-0.05, 0) is 31.9 Å². The summed E-state index contributed by atoms with van der Waals surface area (Å²) in [5.74, 6) is -0.156. The summed E-state index contributed by atoms with van der Waals surface area (Å²) >= 11 is 0. The molecule has 0 bridgehead atoms. The molecule has 3 heteroatoms. The highest BCUT2D eigenvalue weighted by Gasteiger charge is 2.02. The van der Waals surface area contributed by atoms with E-state index in [9.17, 15) is 4.79 Å². The number of carbonyl (C=O) groups is 1. The number of nitrogens with one attached hydrogen (secondary N) is 1. The van der Waals surface area contributed by atoms with Crippen LogP contribution in [-0.2, 0) is 0 Å². The first-order valence-electron chi connectivity index (χ1n) is 5.62. The number of amides is 1. The van der Waals surface area contributed by atoms with Crippen LogP contribution in [0, 0.1) is 0 Å². The van der Waals surface area contributed by atoms with E-state index >= 15 is 0 Å². The lowest BCUT2D eigenvalue weighted by Crippen LogP contribution is -2.18. The van der Waals surface area contributed by atoms with Gasteiger partial charge in [-0.2, -0.15) is 5.10 Å². The van der Waals surface area contributed by atoms with Gasteiger partial charge in [-0.3, -0.25) is 4.79 Å². The summed E-state index contributed by atoms with van der Waals surface area (Å²) in [5.41, 5.74) is 4.15. The first-order valence-corrected chi connectivity index (χ1v) is 5.62. The predicted molar refractivity (Wildman–Crippen MR) is 66.5 cm³/mol. The molecule has 0 radical (unpaired) electrons. The lowest BCUT2D eigenvalue weighted by atomic mass is 10.2. The third kappa shape index (κ3) is 4.26. The second-order valence-corrected chi connectivity index (χ2v) is 3.76. The van der Waals surface area contributed by atoms with Crippen molar-refractivity contribution >= 4 is 11.6 Å². The Morgan fingerprint density at radius 3 is 2.62 bits per heavy atom. The lowest BCUT2D eigenvalue weighted by molar-refractivity contribution is 0.0954. The molecule has 0 spiro atoms. The summed E-state index contributed by atoms with van der Waals surface area (Å²) in [7, 11) is 0. The molecule has 3 nitrogen and oxygen atoms in total. The minimum atomic E-state index is -0.156. The number of benzene rings is 1. The van der Waals surface area contributed by atoms with Crippen LogP contribution in [0.1, 0.15) is 43.5 Å². The van der Waals surface area contributed by atoms with Gasteiger partial charge in [0.15, 0.2) is 0 Å². The van der Waals surface area contributed by atoms with Gasteiger partial charge in [0, 0.05) is 11.3 Å². The number of carbonyl (C=O) groups excluding carboxylic acids is 1. The quantitative estimate of drug-likeness (QED) is 0.599. The Balaban J connectivity index is 2.46. The molecule has 86 valence electrons. The summed E-state index contributed by atoms with van der Waals surface area (Å²) in [6.45, 7) is 4.07. The lowest BCUT2D eigenvalue weighted by Gasteiger charge is -2.01. The first kappa shape index (κ1) is 12.4.